The van der Waals surface area contributed by atoms with Gasteiger partial charge in [0.15, 0.2) is 5.13 Å². The number of carbonyl (C=O) groups is 1. The van der Waals surface area contributed by atoms with Crippen molar-refractivity contribution < 1.29 is 14.3 Å². The van der Waals surface area contributed by atoms with Crippen LogP contribution in [0.15, 0.2) is 42.7 Å². The average Bonchev–Trinajstić information content (AvgIpc) is 3.30. The second kappa shape index (κ2) is 11.1. The molecule has 1 amide bonds. The van der Waals surface area contributed by atoms with Gasteiger partial charge in [0.2, 0.25) is 0 Å². The molecule has 0 unspecified atom stereocenters. The number of ether oxygens (including phenoxy) is 2. The summed E-state index contributed by atoms with van der Waals surface area (Å²) in [7, 11) is 0. The lowest BCUT2D eigenvalue weighted by Gasteiger charge is -2.29. The number of fused-ring (bicyclic) bond motifs is 1. The van der Waals surface area contributed by atoms with Crippen molar-refractivity contribution in [1.29, 1.82) is 0 Å². The first-order valence-electron chi connectivity index (χ1n) is 13.3. The van der Waals surface area contributed by atoms with Gasteiger partial charge in [-0.15, -0.1) is 0 Å². The topological polar surface area (TPSA) is 76.6 Å². The van der Waals surface area contributed by atoms with Crippen molar-refractivity contribution in [2.45, 2.75) is 64.9 Å². The SMILES string of the molecule is CC(C)(C)OC(=O)N1CC=C(c2cncc(Oc3ccc4nc(NCC5CCCCC5)sc4c3)c2)CC1. The monoisotopic (exact) mass is 520 g/mol. The highest BCUT2D eigenvalue weighted by Crippen LogP contribution is 2.33. The van der Waals surface area contributed by atoms with E-state index < -0.39 is 5.60 Å². The summed E-state index contributed by atoms with van der Waals surface area (Å²) in [6.45, 7) is 7.79. The third-order valence-electron chi connectivity index (χ3n) is 6.81. The van der Waals surface area contributed by atoms with Gasteiger partial charge >= 0.3 is 6.09 Å². The number of nitrogens with zero attached hydrogens (tertiary/aromatic N) is 3. The highest BCUT2D eigenvalue weighted by atomic mass is 32.1. The molecule has 5 rings (SSSR count). The molecule has 0 bridgehead atoms. The van der Waals surface area contributed by atoms with Crippen molar-refractivity contribution in [1.82, 2.24) is 14.9 Å². The maximum absolute atomic E-state index is 12.4. The van der Waals surface area contributed by atoms with Gasteiger partial charge in [-0.1, -0.05) is 36.7 Å². The van der Waals surface area contributed by atoms with E-state index >= 15 is 0 Å². The standard InChI is InChI=1S/C29H36N4O3S/c1-29(2,3)36-28(34)33-13-11-21(12-14-33)22-15-24(19-30-18-22)35-23-9-10-25-26(16-23)37-27(32-25)31-17-20-7-5-4-6-8-20/h9-11,15-16,18-20H,4-8,12-14,17H2,1-3H3,(H,31,32). The number of anilines is 1. The van der Waals surface area contributed by atoms with E-state index in [4.69, 9.17) is 14.5 Å². The number of rotatable bonds is 6. The van der Waals surface area contributed by atoms with Crippen LogP contribution < -0.4 is 10.1 Å². The number of amides is 1. The molecule has 0 saturated heterocycles. The summed E-state index contributed by atoms with van der Waals surface area (Å²) in [5.74, 6) is 2.22. The van der Waals surface area contributed by atoms with Crippen molar-refractivity contribution in [2.24, 2.45) is 5.92 Å². The van der Waals surface area contributed by atoms with Crippen molar-refractivity contribution in [3.8, 4) is 11.5 Å². The van der Waals surface area contributed by atoms with Crippen LogP contribution in [0.3, 0.4) is 0 Å². The normalized spacial score (nSPS) is 16.9. The number of pyridine rings is 1. The largest absolute Gasteiger partial charge is 0.456 e. The number of hydrogen-bond donors (Lipinski definition) is 1. The summed E-state index contributed by atoms with van der Waals surface area (Å²) >= 11 is 1.67. The first-order valence-corrected chi connectivity index (χ1v) is 14.1. The smallest absolute Gasteiger partial charge is 0.410 e. The van der Waals surface area contributed by atoms with E-state index in [0.29, 0.717) is 18.8 Å². The molecule has 3 heterocycles. The molecule has 0 radical (unpaired) electrons. The van der Waals surface area contributed by atoms with Crippen LogP contribution >= 0.6 is 11.3 Å². The zero-order valence-electron chi connectivity index (χ0n) is 22.0. The Morgan fingerprint density at radius 1 is 1.14 bits per heavy atom. The zero-order valence-corrected chi connectivity index (χ0v) is 22.8. The number of benzene rings is 1. The molecule has 2 aliphatic rings. The molecule has 37 heavy (non-hydrogen) atoms. The molecule has 1 saturated carbocycles. The summed E-state index contributed by atoms with van der Waals surface area (Å²) in [6.07, 6.45) is 12.8. The minimum atomic E-state index is -0.494. The Morgan fingerprint density at radius 2 is 1.97 bits per heavy atom. The molecule has 1 aliphatic carbocycles. The van der Waals surface area contributed by atoms with Gasteiger partial charge < -0.3 is 19.7 Å². The quantitative estimate of drug-likeness (QED) is 0.363. The molecular formula is C29H36N4O3S. The van der Waals surface area contributed by atoms with Gasteiger partial charge in [-0.25, -0.2) is 9.78 Å². The van der Waals surface area contributed by atoms with Gasteiger partial charge in [0.05, 0.1) is 16.4 Å². The van der Waals surface area contributed by atoms with Crippen LogP contribution in [-0.2, 0) is 4.74 Å². The average molecular weight is 521 g/mol. The molecule has 1 fully saturated rings. The van der Waals surface area contributed by atoms with Crippen LogP contribution in [0.2, 0.25) is 0 Å². The Hall–Kier alpha value is -3.13. The van der Waals surface area contributed by atoms with Crippen LogP contribution in [0.4, 0.5) is 9.93 Å². The molecule has 3 aromatic rings. The van der Waals surface area contributed by atoms with Gasteiger partial charge in [0.25, 0.3) is 0 Å². The fourth-order valence-corrected chi connectivity index (χ4v) is 5.78. The second-order valence-corrected chi connectivity index (χ2v) is 12.0. The van der Waals surface area contributed by atoms with Crippen molar-refractivity contribution in [2.75, 3.05) is 25.0 Å². The third kappa shape index (κ3) is 6.80. The highest BCUT2D eigenvalue weighted by molar-refractivity contribution is 7.22. The Labute approximate surface area is 222 Å². The predicted octanol–water partition coefficient (Wildman–Crippen LogP) is 7.50. The molecule has 1 aromatic carbocycles. The molecule has 0 spiro atoms. The predicted molar refractivity (Wildman–Crippen MR) is 149 cm³/mol. The van der Waals surface area contributed by atoms with E-state index in [1.807, 2.05) is 51.2 Å². The minimum absolute atomic E-state index is 0.274. The first-order chi connectivity index (χ1) is 17.8. The number of thiazole rings is 1. The van der Waals surface area contributed by atoms with Crippen LogP contribution in [0, 0.1) is 5.92 Å². The summed E-state index contributed by atoms with van der Waals surface area (Å²) in [6, 6.07) is 8.03. The van der Waals surface area contributed by atoms with Crippen molar-refractivity contribution >= 4 is 38.4 Å². The number of carbonyl (C=O) groups excluding carboxylic acids is 1. The third-order valence-corrected chi connectivity index (χ3v) is 7.78. The van der Waals surface area contributed by atoms with E-state index in [9.17, 15) is 4.79 Å². The van der Waals surface area contributed by atoms with E-state index in [2.05, 4.69) is 16.4 Å². The van der Waals surface area contributed by atoms with E-state index in [-0.39, 0.29) is 6.09 Å². The van der Waals surface area contributed by atoms with E-state index in [1.165, 1.54) is 32.1 Å². The Kier molecular flexibility index (Phi) is 7.65. The lowest BCUT2D eigenvalue weighted by molar-refractivity contribution is 0.0270. The first kappa shape index (κ1) is 25.5. The summed E-state index contributed by atoms with van der Waals surface area (Å²) in [5, 5.41) is 4.53. The lowest BCUT2D eigenvalue weighted by Crippen LogP contribution is -2.39. The van der Waals surface area contributed by atoms with Crippen LogP contribution in [-0.4, -0.2) is 46.2 Å². The van der Waals surface area contributed by atoms with Gasteiger partial charge in [-0.2, -0.15) is 0 Å². The second-order valence-electron chi connectivity index (χ2n) is 11.0. The summed E-state index contributed by atoms with van der Waals surface area (Å²) in [4.78, 5) is 23.2. The zero-order chi connectivity index (χ0) is 25.8. The number of nitrogens with one attached hydrogen (secondary N) is 1. The fraction of sp³-hybridized carbons (Fsp3) is 0.483. The maximum Gasteiger partial charge on any atom is 0.410 e. The van der Waals surface area contributed by atoms with Gasteiger partial charge in [0, 0.05) is 31.9 Å². The lowest BCUT2D eigenvalue weighted by atomic mass is 9.89. The molecule has 2 aromatic heterocycles. The molecule has 7 nitrogen and oxygen atoms in total. The summed E-state index contributed by atoms with van der Waals surface area (Å²) in [5.41, 5.74) is 2.65. The molecule has 8 heteroatoms. The number of aromatic nitrogens is 2. The van der Waals surface area contributed by atoms with Gasteiger partial charge in [-0.3, -0.25) is 4.98 Å². The number of hydrogen-bond acceptors (Lipinski definition) is 7. The van der Waals surface area contributed by atoms with Crippen molar-refractivity contribution in [3.63, 3.8) is 0 Å². The Bertz CT molecular complexity index is 1270. The maximum atomic E-state index is 12.4. The molecular weight excluding hydrogens is 484 g/mol. The van der Waals surface area contributed by atoms with Gasteiger partial charge in [0.1, 0.15) is 17.1 Å². The summed E-state index contributed by atoms with van der Waals surface area (Å²) < 4.78 is 12.8. The van der Waals surface area contributed by atoms with Gasteiger partial charge in [-0.05, 0) is 75.3 Å². The molecule has 196 valence electrons. The Morgan fingerprint density at radius 3 is 2.73 bits per heavy atom. The van der Waals surface area contributed by atoms with Crippen LogP contribution in [0.1, 0.15) is 64.9 Å². The fourth-order valence-electron chi connectivity index (χ4n) is 4.88. The van der Waals surface area contributed by atoms with Crippen LogP contribution in [0.25, 0.3) is 15.8 Å². The van der Waals surface area contributed by atoms with Crippen LogP contribution in [0.5, 0.6) is 11.5 Å². The molecule has 1 aliphatic heterocycles. The van der Waals surface area contributed by atoms with E-state index in [1.54, 1.807) is 22.4 Å². The molecule has 0 atom stereocenters. The minimum Gasteiger partial charge on any atom is -0.456 e. The van der Waals surface area contributed by atoms with E-state index in [0.717, 1.165) is 51.1 Å². The molecule has 1 N–H and O–H groups in total. The Balaban J connectivity index is 1.21. The highest BCUT2D eigenvalue weighted by Gasteiger charge is 2.24. The van der Waals surface area contributed by atoms with Crippen molar-refractivity contribution in [3.05, 3.63) is 48.3 Å².